The molecule has 0 saturated heterocycles. The summed E-state index contributed by atoms with van der Waals surface area (Å²) in [7, 11) is 0. The molecule has 2 aromatic rings. The maximum absolute atomic E-state index is 5.96. The number of rotatable bonds is 7. The molecule has 0 fully saturated rings. The van der Waals surface area contributed by atoms with Crippen molar-refractivity contribution in [3.8, 4) is 11.5 Å². The number of nitrogens with zero attached hydrogens (tertiary/aromatic N) is 1. The Bertz CT molecular complexity index is 523. The molecule has 0 aliphatic heterocycles. The van der Waals surface area contributed by atoms with Gasteiger partial charge < -0.3 is 10.1 Å². The van der Waals surface area contributed by atoms with Crippen LogP contribution in [0.3, 0.4) is 0 Å². The number of ether oxygens (including phenoxy) is 1. The molecule has 0 amide bonds. The average Bonchev–Trinajstić information content (AvgIpc) is 2.50. The van der Waals surface area contributed by atoms with Crippen LogP contribution in [0.4, 0.5) is 0 Å². The fraction of sp³-hybridized carbons (Fsp3) is 0.353. The van der Waals surface area contributed by atoms with Crippen LogP contribution in [-0.2, 0) is 13.0 Å². The highest BCUT2D eigenvalue weighted by Crippen LogP contribution is 2.24. The summed E-state index contributed by atoms with van der Waals surface area (Å²) in [6.45, 7) is 6.09. The van der Waals surface area contributed by atoms with Gasteiger partial charge in [0.2, 0.25) is 0 Å². The van der Waals surface area contributed by atoms with Crippen LogP contribution < -0.4 is 10.1 Å². The normalized spacial score (nSPS) is 10.5. The lowest BCUT2D eigenvalue weighted by atomic mass is 10.2. The van der Waals surface area contributed by atoms with Crippen molar-refractivity contribution in [1.82, 2.24) is 10.3 Å². The largest absolute Gasteiger partial charge is 0.457 e. The van der Waals surface area contributed by atoms with Crippen molar-refractivity contribution in [3.05, 3.63) is 53.9 Å². The molecular weight excluding hydrogens is 248 g/mol. The zero-order valence-corrected chi connectivity index (χ0v) is 12.2. The van der Waals surface area contributed by atoms with E-state index in [0.29, 0.717) is 0 Å². The fourth-order valence-electron chi connectivity index (χ4n) is 1.97. The van der Waals surface area contributed by atoms with E-state index in [4.69, 9.17) is 4.74 Å². The molecule has 0 atom stereocenters. The molecule has 0 saturated carbocycles. The number of hydrogen-bond acceptors (Lipinski definition) is 3. The lowest BCUT2D eigenvalue weighted by molar-refractivity contribution is 0.471. The molecule has 1 aromatic heterocycles. The fourth-order valence-corrected chi connectivity index (χ4v) is 1.97. The highest BCUT2D eigenvalue weighted by molar-refractivity contribution is 5.36. The molecule has 2 rings (SSSR count). The van der Waals surface area contributed by atoms with Gasteiger partial charge in [-0.3, -0.25) is 4.98 Å². The van der Waals surface area contributed by atoms with Gasteiger partial charge in [0, 0.05) is 24.5 Å². The van der Waals surface area contributed by atoms with E-state index in [-0.39, 0.29) is 0 Å². The zero-order valence-electron chi connectivity index (χ0n) is 12.2. The molecule has 0 aliphatic carbocycles. The van der Waals surface area contributed by atoms with Gasteiger partial charge in [-0.05, 0) is 43.1 Å². The Hall–Kier alpha value is -1.87. The van der Waals surface area contributed by atoms with Gasteiger partial charge in [-0.1, -0.05) is 26.0 Å². The number of nitrogens with one attached hydrogen (secondary N) is 1. The predicted molar refractivity (Wildman–Crippen MR) is 82.1 cm³/mol. The Labute approximate surface area is 121 Å². The number of hydrogen-bond donors (Lipinski definition) is 1. The van der Waals surface area contributed by atoms with E-state index < -0.39 is 0 Å². The van der Waals surface area contributed by atoms with Gasteiger partial charge in [-0.2, -0.15) is 0 Å². The maximum atomic E-state index is 5.96. The Morgan fingerprint density at radius 1 is 1.10 bits per heavy atom. The molecule has 20 heavy (non-hydrogen) atoms. The van der Waals surface area contributed by atoms with Gasteiger partial charge in [-0.15, -0.1) is 0 Å². The van der Waals surface area contributed by atoms with E-state index in [1.54, 1.807) is 6.20 Å². The molecule has 1 aromatic carbocycles. The topological polar surface area (TPSA) is 34.2 Å². The van der Waals surface area contributed by atoms with E-state index in [9.17, 15) is 0 Å². The van der Waals surface area contributed by atoms with Crippen molar-refractivity contribution in [2.24, 2.45) is 0 Å². The molecule has 0 spiro atoms. The van der Waals surface area contributed by atoms with Crippen LogP contribution >= 0.6 is 0 Å². The summed E-state index contributed by atoms with van der Waals surface area (Å²) in [5.74, 6) is 1.73. The molecule has 106 valence electrons. The molecule has 3 nitrogen and oxygen atoms in total. The highest BCUT2D eigenvalue weighted by Gasteiger charge is 2.04. The summed E-state index contributed by atoms with van der Waals surface area (Å²) < 4.78 is 5.96. The quantitative estimate of drug-likeness (QED) is 0.774. The molecule has 3 heteroatoms. The third-order valence-electron chi connectivity index (χ3n) is 3.16. The second-order valence-corrected chi connectivity index (χ2v) is 4.76. The lowest BCUT2D eigenvalue weighted by Gasteiger charge is -2.11. The summed E-state index contributed by atoms with van der Waals surface area (Å²) in [5, 5.41) is 3.38. The molecule has 0 bridgehead atoms. The lowest BCUT2D eigenvalue weighted by Crippen LogP contribution is -2.14. The molecule has 0 aliphatic rings. The van der Waals surface area contributed by atoms with Gasteiger partial charge >= 0.3 is 0 Å². The van der Waals surface area contributed by atoms with Crippen LogP contribution in [-0.4, -0.2) is 11.5 Å². The van der Waals surface area contributed by atoms with Gasteiger partial charge in [0.15, 0.2) is 0 Å². The Morgan fingerprint density at radius 2 is 1.90 bits per heavy atom. The van der Waals surface area contributed by atoms with E-state index >= 15 is 0 Å². The summed E-state index contributed by atoms with van der Waals surface area (Å²) in [6, 6.07) is 10.2. The summed E-state index contributed by atoms with van der Waals surface area (Å²) in [4.78, 5) is 4.17. The number of pyridine rings is 1. The SMILES string of the molecule is CCCNCc1cnccc1Oc1ccc(CC)cc1. The first-order chi connectivity index (χ1) is 9.83. The van der Waals surface area contributed by atoms with Crippen LogP contribution in [0.2, 0.25) is 0 Å². The summed E-state index contributed by atoms with van der Waals surface area (Å²) in [6.07, 6.45) is 5.79. The third kappa shape index (κ3) is 4.07. The van der Waals surface area contributed by atoms with Crippen molar-refractivity contribution < 1.29 is 4.74 Å². The number of aryl methyl sites for hydroxylation is 1. The van der Waals surface area contributed by atoms with Crippen molar-refractivity contribution in [2.75, 3.05) is 6.54 Å². The van der Waals surface area contributed by atoms with Crippen molar-refractivity contribution in [3.63, 3.8) is 0 Å². The van der Waals surface area contributed by atoms with Crippen LogP contribution in [0.5, 0.6) is 11.5 Å². The zero-order chi connectivity index (χ0) is 14.2. The Kier molecular flexibility index (Phi) is 5.56. The predicted octanol–water partition coefficient (Wildman–Crippen LogP) is 3.94. The van der Waals surface area contributed by atoms with Crippen molar-refractivity contribution >= 4 is 0 Å². The third-order valence-corrected chi connectivity index (χ3v) is 3.16. The summed E-state index contributed by atoms with van der Waals surface area (Å²) in [5.41, 5.74) is 2.40. The monoisotopic (exact) mass is 270 g/mol. The van der Waals surface area contributed by atoms with Gasteiger partial charge in [-0.25, -0.2) is 0 Å². The van der Waals surface area contributed by atoms with Gasteiger partial charge in [0.1, 0.15) is 11.5 Å². The minimum atomic E-state index is 0.782. The van der Waals surface area contributed by atoms with Crippen molar-refractivity contribution in [1.29, 1.82) is 0 Å². The van der Waals surface area contributed by atoms with E-state index in [1.807, 2.05) is 24.4 Å². The van der Waals surface area contributed by atoms with Crippen LogP contribution in [0.25, 0.3) is 0 Å². The Morgan fingerprint density at radius 3 is 2.60 bits per heavy atom. The number of aromatic nitrogens is 1. The first-order valence-corrected chi connectivity index (χ1v) is 7.24. The minimum absolute atomic E-state index is 0.782. The van der Waals surface area contributed by atoms with E-state index in [2.05, 4.69) is 36.3 Å². The molecule has 0 radical (unpaired) electrons. The first-order valence-electron chi connectivity index (χ1n) is 7.24. The standard InChI is InChI=1S/C17H22N2O/c1-3-10-18-12-15-13-19-11-9-17(15)20-16-7-5-14(4-2)6-8-16/h5-9,11,13,18H,3-4,10,12H2,1-2H3. The highest BCUT2D eigenvalue weighted by atomic mass is 16.5. The second-order valence-electron chi connectivity index (χ2n) is 4.76. The first kappa shape index (κ1) is 14.5. The van der Waals surface area contributed by atoms with Gasteiger partial charge in [0.25, 0.3) is 0 Å². The van der Waals surface area contributed by atoms with Crippen LogP contribution in [0.1, 0.15) is 31.4 Å². The van der Waals surface area contributed by atoms with E-state index in [0.717, 1.165) is 43.0 Å². The minimum Gasteiger partial charge on any atom is -0.457 e. The molecule has 0 unspecified atom stereocenters. The summed E-state index contributed by atoms with van der Waals surface area (Å²) >= 11 is 0. The van der Waals surface area contributed by atoms with Crippen LogP contribution in [0, 0.1) is 0 Å². The smallest absolute Gasteiger partial charge is 0.134 e. The molecule has 1 heterocycles. The maximum Gasteiger partial charge on any atom is 0.134 e. The number of benzene rings is 1. The van der Waals surface area contributed by atoms with E-state index in [1.165, 1.54) is 5.56 Å². The van der Waals surface area contributed by atoms with Crippen LogP contribution in [0.15, 0.2) is 42.7 Å². The molecular formula is C17H22N2O. The Balaban J connectivity index is 2.07. The van der Waals surface area contributed by atoms with Crippen molar-refractivity contribution in [2.45, 2.75) is 33.2 Å². The second kappa shape index (κ2) is 7.65. The average molecular weight is 270 g/mol. The molecule has 1 N–H and O–H groups in total. The van der Waals surface area contributed by atoms with Gasteiger partial charge in [0.05, 0.1) is 0 Å².